The highest BCUT2D eigenvalue weighted by Gasteiger charge is 2.12. The van der Waals surface area contributed by atoms with Gasteiger partial charge in [0.05, 0.1) is 21.8 Å². The highest BCUT2D eigenvalue weighted by molar-refractivity contribution is 7.71. The fraction of sp³-hybridized carbons (Fsp3) is 0.200. The highest BCUT2D eigenvalue weighted by Crippen LogP contribution is 2.36. The fourth-order valence-corrected chi connectivity index (χ4v) is 2.46. The summed E-state index contributed by atoms with van der Waals surface area (Å²) in [6.07, 6.45) is 1.57. The first-order chi connectivity index (χ1) is 7.56. The summed E-state index contributed by atoms with van der Waals surface area (Å²) in [4.78, 5) is 4.11. The van der Waals surface area contributed by atoms with Crippen molar-refractivity contribution in [1.82, 2.24) is 9.55 Å². The van der Waals surface area contributed by atoms with Crippen LogP contribution in [0, 0.1) is 4.64 Å². The van der Waals surface area contributed by atoms with Crippen LogP contribution in [-0.2, 0) is 6.54 Å². The van der Waals surface area contributed by atoms with E-state index in [1.54, 1.807) is 10.9 Å². The molecule has 0 saturated heterocycles. The zero-order chi connectivity index (χ0) is 11.9. The predicted molar refractivity (Wildman–Crippen MR) is 67.9 cm³/mol. The van der Waals surface area contributed by atoms with Gasteiger partial charge in [0.25, 0.3) is 0 Å². The molecule has 0 amide bonds. The lowest BCUT2D eigenvalue weighted by molar-refractivity contribution is 0.480. The number of aryl methyl sites for hydroxylation is 1. The van der Waals surface area contributed by atoms with Crippen LogP contribution in [0.3, 0.4) is 0 Å². The molecule has 0 bridgehead atoms. The Hall–Kier alpha value is -0.840. The van der Waals surface area contributed by atoms with E-state index in [0.29, 0.717) is 27.1 Å². The first-order valence-corrected chi connectivity index (χ1v) is 5.78. The third-order valence-corrected chi connectivity index (χ3v) is 3.35. The minimum Gasteiger partial charge on any atom is -0.504 e. The van der Waals surface area contributed by atoms with E-state index in [2.05, 4.69) is 4.98 Å². The van der Waals surface area contributed by atoms with Crippen molar-refractivity contribution in [3.8, 4) is 5.75 Å². The Labute approximate surface area is 107 Å². The van der Waals surface area contributed by atoms with Crippen molar-refractivity contribution in [2.45, 2.75) is 13.5 Å². The minimum absolute atomic E-state index is 0.0876. The lowest BCUT2D eigenvalue weighted by atomic mass is 10.2. The molecule has 3 nitrogen and oxygen atoms in total. The zero-order valence-corrected chi connectivity index (χ0v) is 10.7. The standard InChI is InChI=1S/C10H8Cl2N2OS/c1-2-14-4-13-8-7(10(14)16)5(11)3-6(12)9(8)15/h3-4,15H,2H2,1H3. The average Bonchev–Trinajstić information content (AvgIpc) is 2.25. The molecule has 2 rings (SSSR count). The molecule has 0 atom stereocenters. The Morgan fingerprint density at radius 3 is 2.75 bits per heavy atom. The van der Waals surface area contributed by atoms with E-state index in [1.807, 2.05) is 6.92 Å². The molecule has 0 aliphatic carbocycles. The van der Waals surface area contributed by atoms with E-state index in [1.165, 1.54) is 6.07 Å². The van der Waals surface area contributed by atoms with Crippen LogP contribution >= 0.6 is 35.4 Å². The SMILES string of the molecule is CCn1cnc2c(O)c(Cl)cc(Cl)c2c1=S. The number of hydrogen-bond donors (Lipinski definition) is 1. The predicted octanol–water partition coefficient (Wildman–Crippen LogP) is 3.80. The summed E-state index contributed by atoms with van der Waals surface area (Å²) >= 11 is 17.1. The van der Waals surface area contributed by atoms with Crippen molar-refractivity contribution in [2.75, 3.05) is 0 Å². The van der Waals surface area contributed by atoms with Gasteiger partial charge in [-0.15, -0.1) is 0 Å². The van der Waals surface area contributed by atoms with Crippen molar-refractivity contribution in [2.24, 2.45) is 0 Å². The molecule has 0 spiro atoms. The number of aromatic nitrogens is 2. The molecule has 2 aromatic rings. The van der Waals surface area contributed by atoms with Crippen LogP contribution in [0.15, 0.2) is 12.4 Å². The van der Waals surface area contributed by atoms with Gasteiger partial charge in [-0.25, -0.2) is 4.98 Å². The summed E-state index contributed by atoms with van der Waals surface area (Å²) in [6.45, 7) is 2.65. The minimum atomic E-state index is -0.0876. The Balaban J connectivity index is 3.01. The van der Waals surface area contributed by atoms with Gasteiger partial charge >= 0.3 is 0 Å². The third kappa shape index (κ3) is 1.67. The molecular weight excluding hydrogens is 267 g/mol. The van der Waals surface area contributed by atoms with E-state index in [-0.39, 0.29) is 10.8 Å². The van der Waals surface area contributed by atoms with Crippen LogP contribution in [0.5, 0.6) is 5.75 Å². The highest BCUT2D eigenvalue weighted by atomic mass is 35.5. The maximum Gasteiger partial charge on any atom is 0.160 e. The van der Waals surface area contributed by atoms with Gasteiger partial charge in [-0.2, -0.15) is 0 Å². The largest absolute Gasteiger partial charge is 0.504 e. The lowest BCUT2D eigenvalue weighted by Crippen LogP contribution is -1.99. The van der Waals surface area contributed by atoms with Crippen LogP contribution in [0.1, 0.15) is 6.92 Å². The molecule has 0 saturated carbocycles. The molecule has 1 N–H and O–H groups in total. The van der Waals surface area contributed by atoms with Crippen molar-refractivity contribution >= 4 is 46.3 Å². The van der Waals surface area contributed by atoms with Crippen molar-refractivity contribution < 1.29 is 5.11 Å². The van der Waals surface area contributed by atoms with Gasteiger partial charge in [0.2, 0.25) is 0 Å². The molecule has 1 heterocycles. The third-order valence-electron chi connectivity index (χ3n) is 2.32. The van der Waals surface area contributed by atoms with Crippen LogP contribution in [0.25, 0.3) is 10.9 Å². The van der Waals surface area contributed by atoms with Crippen LogP contribution in [-0.4, -0.2) is 14.7 Å². The number of phenolic OH excluding ortho intramolecular Hbond substituents is 1. The number of benzene rings is 1. The maximum atomic E-state index is 9.76. The molecule has 84 valence electrons. The van der Waals surface area contributed by atoms with Crippen molar-refractivity contribution in [3.05, 3.63) is 27.1 Å². The Morgan fingerprint density at radius 1 is 1.44 bits per heavy atom. The molecule has 0 aliphatic rings. The summed E-state index contributed by atoms with van der Waals surface area (Å²) in [5, 5.41) is 10.9. The molecule has 0 fully saturated rings. The number of rotatable bonds is 1. The molecule has 0 radical (unpaired) electrons. The number of halogens is 2. The molecule has 16 heavy (non-hydrogen) atoms. The van der Waals surface area contributed by atoms with Gasteiger partial charge in [0.15, 0.2) is 5.75 Å². The Morgan fingerprint density at radius 2 is 2.12 bits per heavy atom. The molecule has 1 aromatic heterocycles. The molecule has 1 aromatic carbocycles. The monoisotopic (exact) mass is 274 g/mol. The quantitative estimate of drug-likeness (QED) is 0.804. The molecular formula is C10H8Cl2N2OS. The van der Waals surface area contributed by atoms with Gasteiger partial charge in [-0.1, -0.05) is 35.4 Å². The van der Waals surface area contributed by atoms with Crippen LogP contribution < -0.4 is 0 Å². The van der Waals surface area contributed by atoms with E-state index < -0.39 is 0 Å². The topological polar surface area (TPSA) is 38.0 Å². The van der Waals surface area contributed by atoms with Crippen molar-refractivity contribution in [3.63, 3.8) is 0 Å². The van der Waals surface area contributed by atoms with E-state index >= 15 is 0 Å². The lowest BCUT2D eigenvalue weighted by Gasteiger charge is -2.08. The number of nitrogens with zero attached hydrogens (tertiary/aromatic N) is 2. The second kappa shape index (κ2) is 4.20. The van der Waals surface area contributed by atoms with Gasteiger partial charge in [-0.3, -0.25) is 0 Å². The average molecular weight is 275 g/mol. The van der Waals surface area contributed by atoms with E-state index in [9.17, 15) is 5.11 Å². The first-order valence-electron chi connectivity index (χ1n) is 4.62. The smallest absolute Gasteiger partial charge is 0.160 e. The summed E-state index contributed by atoms with van der Waals surface area (Å²) < 4.78 is 2.32. The van der Waals surface area contributed by atoms with Crippen LogP contribution in [0.2, 0.25) is 10.0 Å². The first kappa shape index (κ1) is 11.6. The summed E-state index contributed by atoms with van der Waals surface area (Å²) in [5.41, 5.74) is 0.340. The normalized spacial score (nSPS) is 10.9. The van der Waals surface area contributed by atoms with Gasteiger partial charge in [-0.05, 0) is 13.0 Å². The summed E-state index contributed by atoms with van der Waals surface area (Å²) in [6, 6.07) is 1.47. The zero-order valence-electron chi connectivity index (χ0n) is 8.37. The number of fused-ring (bicyclic) bond motifs is 1. The van der Waals surface area contributed by atoms with Gasteiger partial charge < -0.3 is 9.67 Å². The Bertz CT molecular complexity index is 624. The maximum absolute atomic E-state index is 9.76. The summed E-state index contributed by atoms with van der Waals surface area (Å²) in [5.74, 6) is -0.0876. The number of hydrogen-bond acceptors (Lipinski definition) is 3. The second-order valence-electron chi connectivity index (χ2n) is 3.25. The van der Waals surface area contributed by atoms with Gasteiger partial charge in [0.1, 0.15) is 10.2 Å². The molecule has 0 aliphatic heterocycles. The van der Waals surface area contributed by atoms with E-state index in [4.69, 9.17) is 35.4 Å². The Kier molecular flexibility index (Phi) is 3.06. The van der Waals surface area contributed by atoms with Crippen LogP contribution in [0.4, 0.5) is 0 Å². The van der Waals surface area contributed by atoms with E-state index in [0.717, 1.165) is 0 Å². The van der Waals surface area contributed by atoms with Crippen molar-refractivity contribution in [1.29, 1.82) is 0 Å². The molecule has 6 heteroatoms. The number of aromatic hydroxyl groups is 1. The number of phenols is 1. The second-order valence-corrected chi connectivity index (χ2v) is 4.45. The molecule has 0 unspecified atom stereocenters. The fourth-order valence-electron chi connectivity index (χ4n) is 1.47. The van der Waals surface area contributed by atoms with Gasteiger partial charge in [0, 0.05) is 6.54 Å². The summed E-state index contributed by atoms with van der Waals surface area (Å²) in [7, 11) is 0.